The zero-order valence-electron chi connectivity index (χ0n) is 11.9. The van der Waals surface area contributed by atoms with Gasteiger partial charge in [0, 0.05) is 28.3 Å². The van der Waals surface area contributed by atoms with Crippen LogP contribution >= 0.6 is 11.8 Å². The molecule has 21 heavy (non-hydrogen) atoms. The van der Waals surface area contributed by atoms with Crippen LogP contribution in [-0.4, -0.2) is 15.7 Å². The number of Topliss-reactive ketones (excluding diaryl/α,β-unsaturated/α-hetero) is 1. The minimum Gasteiger partial charge on any atom is -0.294 e. The number of rotatable bonds is 4. The third-order valence-electron chi connectivity index (χ3n) is 2.84. The van der Waals surface area contributed by atoms with E-state index in [-0.39, 0.29) is 11.5 Å². The molecule has 0 aliphatic carbocycles. The summed E-state index contributed by atoms with van der Waals surface area (Å²) in [6, 6.07) is 8.19. The lowest BCUT2D eigenvalue weighted by atomic mass is 10.1. The van der Waals surface area contributed by atoms with Gasteiger partial charge in [0.2, 0.25) is 0 Å². The van der Waals surface area contributed by atoms with Gasteiger partial charge in [0.15, 0.2) is 5.78 Å². The van der Waals surface area contributed by atoms with Crippen LogP contribution in [0.25, 0.3) is 0 Å². The van der Waals surface area contributed by atoms with E-state index in [1.807, 2.05) is 26.0 Å². The Bertz CT molecular complexity index is 709. The van der Waals surface area contributed by atoms with Crippen molar-refractivity contribution in [3.63, 3.8) is 0 Å². The molecule has 2 rings (SSSR count). The number of aryl methyl sites for hydroxylation is 2. The summed E-state index contributed by atoms with van der Waals surface area (Å²) < 4.78 is 0. The minimum atomic E-state index is -0.504. The van der Waals surface area contributed by atoms with Gasteiger partial charge in [-0.2, -0.15) is 0 Å². The zero-order valence-corrected chi connectivity index (χ0v) is 12.7. The van der Waals surface area contributed by atoms with Crippen molar-refractivity contribution in [3.8, 4) is 0 Å². The summed E-state index contributed by atoms with van der Waals surface area (Å²) in [6.07, 6.45) is 0. The number of aromatic nitrogens is 1. The summed E-state index contributed by atoms with van der Waals surface area (Å²) in [4.78, 5) is 27.1. The lowest BCUT2D eigenvalue weighted by Crippen LogP contribution is -1.98. The molecule has 0 spiro atoms. The monoisotopic (exact) mass is 302 g/mol. The summed E-state index contributed by atoms with van der Waals surface area (Å²) in [5, 5.41) is 11.6. The molecule has 0 N–H and O–H groups in total. The second kappa shape index (κ2) is 6.05. The molecule has 1 aromatic carbocycles. The predicted octanol–water partition coefficient (Wildman–Crippen LogP) is 3.96. The maximum absolute atomic E-state index is 11.7. The number of carbonyl (C=O) groups excluding carboxylic acids is 1. The number of hydrogen-bond acceptors (Lipinski definition) is 5. The standard InChI is InChI=1S/C15H14N2O3S/c1-9-6-10(2)16-15(7-9)21-14-5-4-12(17(19)20)8-13(14)11(3)18/h4-8H,1-3H3. The lowest BCUT2D eigenvalue weighted by molar-refractivity contribution is -0.384. The molecule has 0 saturated heterocycles. The lowest BCUT2D eigenvalue weighted by Gasteiger charge is -2.07. The molecular formula is C15H14N2O3S. The van der Waals surface area contributed by atoms with Gasteiger partial charge in [0.25, 0.3) is 5.69 Å². The molecule has 1 heterocycles. The number of nitro benzene ring substituents is 1. The van der Waals surface area contributed by atoms with Crippen molar-refractivity contribution in [3.05, 3.63) is 57.3 Å². The fourth-order valence-electron chi connectivity index (χ4n) is 1.96. The molecule has 0 aliphatic rings. The van der Waals surface area contributed by atoms with Crippen molar-refractivity contribution in [2.45, 2.75) is 30.7 Å². The molecule has 0 bridgehead atoms. The fraction of sp³-hybridized carbons (Fsp3) is 0.200. The molecule has 6 heteroatoms. The molecule has 0 atom stereocenters. The Morgan fingerprint density at radius 3 is 2.52 bits per heavy atom. The van der Waals surface area contributed by atoms with E-state index in [0.29, 0.717) is 10.5 Å². The highest BCUT2D eigenvalue weighted by molar-refractivity contribution is 7.99. The Morgan fingerprint density at radius 2 is 1.95 bits per heavy atom. The molecule has 0 aliphatic heterocycles. The van der Waals surface area contributed by atoms with Gasteiger partial charge < -0.3 is 0 Å². The fourth-order valence-corrected chi connectivity index (χ4v) is 3.07. The number of nitrogens with zero attached hydrogens (tertiary/aromatic N) is 2. The van der Waals surface area contributed by atoms with Crippen LogP contribution in [-0.2, 0) is 0 Å². The number of pyridine rings is 1. The van der Waals surface area contributed by atoms with Crippen molar-refractivity contribution in [2.24, 2.45) is 0 Å². The normalized spacial score (nSPS) is 10.4. The smallest absolute Gasteiger partial charge is 0.270 e. The van der Waals surface area contributed by atoms with Gasteiger partial charge in [-0.1, -0.05) is 11.8 Å². The first kappa shape index (κ1) is 15.2. The Hall–Kier alpha value is -2.21. The van der Waals surface area contributed by atoms with Crippen LogP contribution in [0, 0.1) is 24.0 Å². The first-order chi connectivity index (χ1) is 9.86. The van der Waals surface area contributed by atoms with Gasteiger partial charge in [-0.15, -0.1) is 0 Å². The van der Waals surface area contributed by atoms with Crippen LogP contribution in [0.2, 0.25) is 0 Å². The average molecular weight is 302 g/mol. The zero-order chi connectivity index (χ0) is 15.6. The van der Waals surface area contributed by atoms with Gasteiger partial charge in [-0.05, 0) is 44.5 Å². The first-order valence-electron chi connectivity index (χ1n) is 6.29. The molecule has 0 saturated carbocycles. The molecule has 1 aromatic heterocycles. The Labute approximate surface area is 126 Å². The van der Waals surface area contributed by atoms with Crippen LogP contribution in [0.5, 0.6) is 0 Å². The van der Waals surface area contributed by atoms with Crippen LogP contribution < -0.4 is 0 Å². The van der Waals surface area contributed by atoms with Crippen LogP contribution in [0.15, 0.2) is 40.3 Å². The number of ketones is 1. The van der Waals surface area contributed by atoms with E-state index in [2.05, 4.69) is 4.98 Å². The van der Waals surface area contributed by atoms with E-state index in [0.717, 1.165) is 16.3 Å². The number of non-ortho nitro benzene ring substituents is 1. The van der Waals surface area contributed by atoms with E-state index in [1.165, 1.54) is 30.8 Å². The van der Waals surface area contributed by atoms with Gasteiger partial charge in [-0.3, -0.25) is 14.9 Å². The van der Waals surface area contributed by atoms with Gasteiger partial charge in [0.05, 0.1) is 4.92 Å². The molecule has 0 radical (unpaired) electrons. The molecule has 0 fully saturated rings. The Balaban J connectivity index is 2.43. The topological polar surface area (TPSA) is 73.1 Å². The maximum Gasteiger partial charge on any atom is 0.270 e. The third-order valence-corrected chi connectivity index (χ3v) is 3.84. The second-order valence-corrected chi connectivity index (χ2v) is 5.78. The summed E-state index contributed by atoms with van der Waals surface area (Å²) in [5.41, 5.74) is 2.23. The number of hydrogen-bond donors (Lipinski definition) is 0. The summed E-state index contributed by atoms with van der Waals surface area (Å²) >= 11 is 1.34. The van der Waals surface area contributed by atoms with Gasteiger partial charge >= 0.3 is 0 Å². The highest BCUT2D eigenvalue weighted by Gasteiger charge is 2.15. The third kappa shape index (κ3) is 3.66. The number of carbonyl (C=O) groups is 1. The Morgan fingerprint density at radius 1 is 1.24 bits per heavy atom. The van der Waals surface area contributed by atoms with Crippen molar-refractivity contribution >= 4 is 23.2 Å². The van der Waals surface area contributed by atoms with Crippen molar-refractivity contribution in [1.82, 2.24) is 4.98 Å². The van der Waals surface area contributed by atoms with Crippen LogP contribution in [0.4, 0.5) is 5.69 Å². The van der Waals surface area contributed by atoms with Gasteiger partial charge in [0.1, 0.15) is 5.03 Å². The van der Waals surface area contributed by atoms with E-state index in [1.54, 1.807) is 6.07 Å². The highest BCUT2D eigenvalue weighted by Crippen LogP contribution is 2.32. The van der Waals surface area contributed by atoms with Crippen molar-refractivity contribution < 1.29 is 9.72 Å². The van der Waals surface area contributed by atoms with E-state index < -0.39 is 4.92 Å². The predicted molar refractivity (Wildman–Crippen MR) is 80.9 cm³/mol. The largest absolute Gasteiger partial charge is 0.294 e. The van der Waals surface area contributed by atoms with E-state index in [4.69, 9.17) is 0 Å². The molecular weight excluding hydrogens is 288 g/mol. The van der Waals surface area contributed by atoms with Gasteiger partial charge in [-0.25, -0.2) is 4.98 Å². The van der Waals surface area contributed by atoms with Crippen molar-refractivity contribution in [2.75, 3.05) is 0 Å². The number of benzene rings is 1. The van der Waals surface area contributed by atoms with E-state index in [9.17, 15) is 14.9 Å². The SMILES string of the molecule is CC(=O)c1cc([N+](=O)[O-])ccc1Sc1cc(C)cc(C)n1. The second-order valence-electron chi connectivity index (χ2n) is 4.72. The summed E-state index contributed by atoms with van der Waals surface area (Å²) in [5.74, 6) is -0.203. The van der Waals surface area contributed by atoms with E-state index >= 15 is 0 Å². The van der Waals surface area contributed by atoms with Crippen LogP contribution in [0.3, 0.4) is 0 Å². The Kier molecular flexibility index (Phi) is 4.37. The van der Waals surface area contributed by atoms with Crippen LogP contribution in [0.1, 0.15) is 28.5 Å². The molecule has 5 nitrogen and oxygen atoms in total. The minimum absolute atomic E-state index is 0.0852. The molecule has 0 amide bonds. The average Bonchev–Trinajstić information content (AvgIpc) is 2.37. The molecule has 0 unspecified atom stereocenters. The molecule has 2 aromatic rings. The maximum atomic E-state index is 11.7. The number of nitro groups is 1. The quantitative estimate of drug-likeness (QED) is 0.485. The molecule has 108 valence electrons. The summed E-state index contributed by atoms with van der Waals surface area (Å²) in [6.45, 7) is 5.28. The summed E-state index contributed by atoms with van der Waals surface area (Å²) in [7, 11) is 0. The van der Waals surface area contributed by atoms with Crippen molar-refractivity contribution in [1.29, 1.82) is 0 Å². The highest BCUT2D eigenvalue weighted by atomic mass is 32.2. The first-order valence-corrected chi connectivity index (χ1v) is 7.11.